The molecule has 0 saturated carbocycles. The van der Waals surface area contributed by atoms with Crippen molar-refractivity contribution in [3.63, 3.8) is 0 Å². The van der Waals surface area contributed by atoms with E-state index >= 15 is 0 Å². The summed E-state index contributed by atoms with van der Waals surface area (Å²) in [6.07, 6.45) is 5.35. The molecular formula is C9H19NS. The molecular weight excluding hydrogens is 154 g/mol. The lowest BCUT2D eigenvalue weighted by Crippen LogP contribution is -2.28. The molecule has 1 heterocycles. The van der Waals surface area contributed by atoms with Gasteiger partial charge in [-0.15, -0.1) is 0 Å². The molecule has 66 valence electrons. The van der Waals surface area contributed by atoms with E-state index in [4.69, 9.17) is 5.73 Å². The van der Waals surface area contributed by atoms with E-state index in [-0.39, 0.29) is 0 Å². The Balaban J connectivity index is 2.42. The van der Waals surface area contributed by atoms with Crippen LogP contribution in [0.15, 0.2) is 0 Å². The molecule has 1 rings (SSSR count). The van der Waals surface area contributed by atoms with Gasteiger partial charge in [0.05, 0.1) is 0 Å². The van der Waals surface area contributed by atoms with E-state index in [1.165, 1.54) is 37.2 Å². The lowest BCUT2D eigenvalue weighted by Gasteiger charge is -2.35. The monoisotopic (exact) mass is 173 g/mol. The molecule has 0 radical (unpaired) electrons. The van der Waals surface area contributed by atoms with Crippen LogP contribution in [0.25, 0.3) is 0 Å². The third kappa shape index (κ3) is 2.38. The number of hydrogen-bond acceptors (Lipinski definition) is 2. The topological polar surface area (TPSA) is 26.0 Å². The highest BCUT2D eigenvalue weighted by molar-refractivity contribution is 7.99. The average Bonchev–Trinajstić information content (AvgIpc) is 2.07. The van der Waals surface area contributed by atoms with Gasteiger partial charge < -0.3 is 5.73 Å². The molecule has 1 fully saturated rings. The van der Waals surface area contributed by atoms with Crippen LogP contribution in [0.5, 0.6) is 0 Å². The summed E-state index contributed by atoms with van der Waals surface area (Å²) in [4.78, 5) is 0. The first-order chi connectivity index (χ1) is 5.33. The summed E-state index contributed by atoms with van der Waals surface area (Å²) in [5, 5.41) is 0. The number of hydrogen-bond donors (Lipinski definition) is 1. The molecule has 1 aliphatic heterocycles. The van der Waals surface area contributed by atoms with Gasteiger partial charge in [0.15, 0.2) is 0 Å². The fourth-order valence-electron chi connectivity index (χ4n) is 1.89. The van der Waals surface area contributed by atoms with Crippen molar-refractivity contribution in [1.82, 2.24) is 0 Å². The van der Waals surface area contributed by atoms with Crippen LogP contribution >= 0.6 is 11.8 Å². The van der Waals surface area contributed by atoms with Crippen LogP contribution in [0.4, 0.5) is 0 Å². The van der Waals surface area contributed by atoms with Gasteiger partial charge >= 0.3 is 0 Å². The Morgan fingerprint density at radius 1 is 1.36 bits per heavy atom. The van der Waals surface area contributed by atoms with Gasteiger partial charge in [-0.3, -0.25) is 0 Å². The first-order valence-corrected chi connectivity index (χ1v) is 5.76. The van der Waals surface area contributed by atoms with Crippen LogP contribution in [0.3, 0.4) is 0 Å². The maximum Gasteiger partial charge on any atom is -0.00622 e. The minimum absolute atomic E-state index is 0.625. The van der Waals surface area contributed by atoms with Crippen molar-refractivity contribution in [3.8, 4) is 0 Å². The molecule has 1 aliphatic rings. The number of nitrogens with two attached hydrogens (primary N) is 1. The van der Waals surface area contributed by atoms with E-state index in [1.54, 1.807) is 0 Å². The van der Waals surface area contributed by atoms with Crippen molar-refractivity contribution in [1.29, 1.82) is 0 Å². The van der Waals surface area contributed by atoms with E-state index in [2.05, 4.69) is 18.7 Å². The predicted molar refractivity (Wildman–Crippen MR) is 53.0 cm³/mol. The molecule has 0 unspecified atom stereocenters. The Labute approximate surface area is 74.1 Å². The standard InChI is InChI=1S/C9H19NS/c1-2-9(3-6-10)4-7-11-8-5-9/h2-8,10H2,1H3. The normalized spacial score (nSPS) is 23.5. The molecule has 11 heavy (non-hydrogen) atoms. The van der Waals surface area contributed by atoms with Crippen LogP contribution in [0.1, 0.15) is 32.6 Å². The van der Waals surface area contributed by atoms with Gasteiger partial charge in [0, 0.05) is 0 Å². The van der Waals surface area contributed by atoms with Crippen LogP contribution in [-0.2, 0) is 0 Å². The lowest BCUT2D eigenvalue weighted by atomic mass is 9.76. The van der Waals surface area contributed by atoms with E-state index in [0.717, 1.165) is 6.54 Å². The van der Waals surface area contributed by atoms with E-state index in [1.807, 2.05) is 0 Å². The first-order valence-electron chi connectivity index (χ1n) is 4.61. The second-order valence-electron chi connectivity index (χ2n) is 3.50. The fraction of sp³-hybridized carbons (Fsp3) is 1.00. The predicted octanol–water partition coefficient (Wildman–Crippen LogP) is 2.26. The molecule has 0 aliphatic carbocycles. The van der Waals surface area contributed by atoms with Gasteiger partial charge in [0.2, 0.25) is 0 Å². The zero-order valence-electron chi connectivity index (χ0n) is 7.44. The Hall–Kier alpha value is 0.310. The quantitative estimate of drug-likeness (QED) is 0.708. The SMILES string of the molecule is CCC1(CCN)CCSCC1. The van der Waals surface area contributed by atoms with Gasteiger partial charge in [-0.05, 0) is 42.7 Å². The molecule has 2 heteroatoms. The lowest BCUT2D eigenvalue weighted by molar-refractivity contribution is 0.232. The second-order valence-corrected chi connectivity index (χ2v) is 4.73. The summed E-state index contributed by atoms with van der Waals surface area (Å²) in [5.41, 5.74) is 6.24. The maximum atomic E-state index is 5.61. The first kappa shape index (κ1) is 9.40. The summed E-state index contributed by atoms with van der Waals surface area (Å²) in [7, 11) is 0. The zero-order chi connectivity index (χ0) is 8.16. The van der Waals surface area contributed by atoms with Gasteiger partial charge in [0.1, 0.15) is 0 Å². The average molecular weight is 173 g/mol. The molecule has 0 aromatic heterocycles. The minimum atomic E-state index is 0.625. The maximum absolute atomic E-state index is 5.61. The van der Waals surface area contributed by atoms with Gasteiger partial charge in [-0.1, -0.05) is 13.3 Å². The summed E-state index contributed by atoms with van der Waals surface area (Å²) >= 11 is 2.10. The van der Waals surface area contributed by atoms with Crippen molar-refractivity contribution in [2.24, 2.45) is 11.1 Å². The highest BCUT2D eigenvalue weighted by Crippen LogP contribution is 2.40. The highest BCUT2D eigenvalue weighted by Gasteiger charge is 2.29. The number of rotatable bonds is 3. The Morgan fingerprint density at radius 3 is 2.45 bits per heavy atom. The molecule has 0 atom stereocenters. The summed E-state index contributed by atoms with van der Waals surface area (Å²) in [6, 6.07) is 0. The minimum Gasteiger partial charge on any atom is -0.330 e. The van der Waals surface area contributed by atoms with E-state index in [0.29, 0.717) is 5.41 Å². The molecule has 2 N–H and O–H groups in total. The third-order valence-electron chi connectivity index (χ3n) is 2.98. The van der Waals surface area contributed by atoms with Crippen LogP contribution < -0.4 is 5.73 Å². The van der Waals surface area contributed by atoms with Crippen molar-refractivity contribution in [2.45, 2.75) is 32.6 Å². The zero-order valence-corrected chi connectivity index (χ0v) is 8.25. The smallest absolute Gasteiger partial charge is 0.00622 e. The van der Waals surface area contributed by atoms with Gasteiger partial charge in [-0.25, -0.2) is 0 Å². The number of thioether (sulfide) groups is 1. The van der Waals surface area contributed by atoms with Crippen molar-refractivity contribution in [2.75, 3.05) is 18.1 Å². The molecule has 1 saturated heterocycles. The second kappa shape index (κ2) is 4.36. The van der Waals surface area contributed by atoms with Crippen molar-refractivity contribution >= 4 is 11.8 Å². The van der Waals surface area contributed by atoms with Crippen LogP contribution in [0, 0.1) is 5.41 Å². The van der Waals surface area contributed by atoms with Crippen LogP contribution in [-0.4, -0.2) is 18.1 Å². The summed E-state index contributed by atoms with van der Waals surface area (Å²) in [6.45, 7) is 3.18. The molecule has 0 amide bonds. The third-order valence-corrected chi connectivity index (χ3v) is 3.96. The molecule has 0 aromatic carbocycles. The summed E-state index contributed by atoms with van der Waals surface area (Å²) in [5.74, 6) is 2.71. The molecule has 0 aromatic rings. The Morgan fingerprint density at radius 2 is 2.00 bits per heavy atom. The molecule has 0 spiro atoms. The molecule has 0 bridgehead atoms. The highest BCUT2D eigenvalue weighted by atomic mass is 32.2. The Kier molecular flexibility index (Phi) is 3.73. The van der Waals surface area contributed by atoms with Crippen molar-refractivity contribution < 1.29 is 0 Å². The van der Waals surface area contributed by atoms with Crippen LogP contribution in [0.2, 0.25) is 0 Å². The van der Waals surface area contributed by atoms with E-state index < -0.39 is 0 Å². The van der Waals surface area contributed by atoms with Gasteiger partial charge in [-0.2, -0.15) is 11.8 Å². The fourth-order valence-corrected chi connectivity index (χ4v) is 3.25. The van der Waals surface area contributed by atoms with E-state index in [9.17, 15) is 0 Å². The summed E-state index contributed by atoms with van der Waals surface area (Å²) < 4.78 is 0. The Bertz CT molecular complexity index is 103. The van der Waals surface area contributed by atoms with Gasteiger partial charge in [0.25, 0.3) is 0 Å². The largest absolute Gasteiger partial charge is 0.330 e. The van der Waals surface area contributed by atoms with Crippen molar-refractivity contribution in [3.05, 3.63) is 0 Å². The molecule has 1 nitrogen and oxygen atoms in total.